The molecule has 196 valence electrons. The van der Waals surface area contributed by atoms with Gasteiger partial charge >= 0.3 is 12.1 Å². The highest BCUT2D eigenvalue weighted by molar-refractivity contribution is 6.07. The zero-order valence-corrected chi connectivity index (χ0v) is 19.4. The first kappa shape index (κ1) is 26.0. The Morgan fingerprint density at radius 1 is 1.22 bits per heavy atom. The summed E-state index contributed by atoms with van der Waals surface area (Å²) in [6.07, 6.45) is -2.24. The molecule has 12 heteroatoms. The standard InChI is InChI=1S/C25H22F4N2O6/c1-35-21-10-15(8-9-30-21)31-23(34)16-11-20(37-18-5-3-2-4-17(18)25(27,28)29)24(26,14-6-7-14)12-19(16)36-13-22(32)33/h2-5,8-12,14,20H,6-7,13H2,1H3,(H,32,33)(H,30,31,34). The number of hydrogen-bond donors (Lipinski definition) is 2. The van der Waals surface area contributed by atoms with E-state index in [0.717, 1.165) is 24.3 Å². The molecule has 0 spiro atoms. The Balaban J connectivity index is 1.73. The Labute approximate surface area is 208 Å². The number of carboxylic acid groups (broad SMARTS) is 1. The maximum Gasteiger partial charge on any atom is 0.419 e. The number of para-hydroxylation sites is 1. The fourth-order valence-corrected chi connectivity index (χ4v) is 3.91. The molecule has 1 amide bonds. The number of carbonyl (C=O) groups excluding carboxylic acids is 1. The molecule has 2 aliphatic rings. The molecule has 0 saturated heterocycles. The van der Waals surface area contributed by atoms with Crippen molar-refractivity contribution < 1.29 is 46.5 Å². The van der Waals surface area contributed by atoms with Gasteiger partial charge in [-0.05, 0) is 43.2 Å². The lowest BCUT2D eigenvalue weighted by Crippen LogP contribution is -2.45. The summed E-state index contributed by atoms with van der Waals surface area (Å²) in [5, 5.41) is 11.6. The molecule has 2 atom stereocenters. The fraction of sp³-hybridized carbons (Fsp3) is 0.320. The Kier molecular flexibility index (Phi) is 7.10. The highest BCUT2D eigenvalue weighted by Gasteiger charge is 2.54. The van der Waals surface area contributed by atoms with Gasteiger partial charge in [-0.25, -0.2) is 14.2 Å². The molecule has 1 aromatic heterocycles. The third-order valence-electron chi connectivity index (χ3n) is 5.82. The second-order valence-electron chi connectivity index (χ2n) is 8.45. The number of aromatic nitrogens is 1. The van der Waals surface area contributed by atoms with Crippen LogP contribution in [0.3, 0.4) is 0 Å². The Morgan fingerprint density at radius 2 is 1.95 bits per heavy atom. The van der Waals surface area contributed by atoms with Gasteiger partial charge in [-0.1, -0.05) is 12.1 Å². The normalized spacial score (nSPS) is 21.4. The number of benzene rings is 1. The molecule has 2 aromatic rings. The molecule has 8 nitrogen and oxygen atoms in total. The summed E-state index contributed by atoms with van der Waals surface area (Å²) in [6, 6.07) is 7.21. The topological polar surface area (TPSA) is 107 Å². The second-order valence-corrected chi connectivity index (χ2v) is 8.45. The molecule has 2 N–H and O–H groups in total. The largest absolute Gasteiger partial charge is 0.482 e. The van der Waals surface area contributed by atoms with Crippen LogP contribution in [0, 0.1) is 5.92 Å². The third-order valence-corrected chi connectivity index (χ3v) is 5.82. The minimum absolute atomic E-state index is 0.190. The number of rotatable bonds is 9. The number of nitrogens with one attached hydrogen (secondary N) is 1. The van der Waals surface area contributed by atoms with E-state index in [1.54, 1.807) is 0 Å². The second kappa shape index (κ2) is 10.1. The van der Waals surface area contributed by atoms with Crippen molar-refractivity contribution in [3.63, 3.8) is 0 Å². The first-order valence-corrected chi connectivity index (χ1v) is 11.1. The van der Waals surface area contributed by atoms with Gasteiger partial charge in [0.2, 0.25) is 5.88 Å². The van der Waals surface area contributed by atoms with E-state index in [-0.39, 0.29) is 22.9 Å². The van der Waals surface area contributed by atoms with E-state index >= 15 is 4.39 Å². The summed E-state index contributed by atoms with van der Waals surface area (Å²) in [4.78, 5) is 28.2. The molecule has 1 saturated carbocycles. The summed E-state index contributed by atoms with van der Waals surface area (Å²) < 4.78 is 72.8. The average molecular weight is 522 g/mol. The molecule has 1 aromatic carbocycles. The molecule has 0 radical (unpaired) electrons. The summed E-state index contributed by atoms with van der Waals surface area (Å²) in [5.41, 5.74) is -3.51. The van der Waals surface area contributed by atoms with Crippen molar-refractivity contribution in [3.8, 4) is 11.6 Å². The molecule has 0 bridgehead atoms. The van der Waals surface area contributed by atoms with Gasteiger partial charge < -0.3 is 24.6 Å². The number of ether oxygens (including phenoxy) is 3. The molecule has 4 rings (SSSR count). The monoisotopic (exact) mass is 522 g/mol. The lowest BCUT2D eigenvalue weighted by Gasteiger charge is -2.35. The van der Waals surface area contributed by atoms with E-state index in [2.05, 4.69) is 10.3 Å². The Bertz CT molecular complexity index is 1260. The zero-order chi connectivity index (χ0) is 26.8. The average Bonchev–Trinajstić information content (AvgIpc) is 3.70. The maximum absolute atomic E-state index is 16.4. The molecule has 1 heterocycles. The number of aliphatic carboxylic acids is 1. The predicted octanol–water partition coefficient (Wildman–Crippen LogP) is 4.54. The van der Waals surface area contributed by atoms with Crippen LogP contribution in [0.2, 0.25) is 0 Å². The Morgan fingerprint density at radius 3 is 2.59 bits per heavy atom. The van der Waals surface area contributed by atoms with Crippen LogP contribution in [0.1, 0.15) is 18.4 Å². The summed E-state index contributed by atoms with van der Waals surface area (Å²) in [7, 11) is 1.37. The highest BCUT2D eigenvalue weighted by Crippen LogP contribution is 2.50. The van der Waals surface area contributed by atoms with Crippen LogP contribution in [-0.4, -0.2) is 47.5 Å². The van der Waals surface area contributed by atoms with E-state index < -0.39 is 53.7 Å². The molecular formula is C25H22F4N2O6. The number of nitrogens with zero attached hydrogens (tertiary/aromatic N) is 1. The minimum Gasteiger partial charge on any atom is -0.482 e. The molecule has 1 fully saturated rings. The zero-order valence-electron chi connectivity index (χ0n) is 19.4. The van der Waals surface area contributed by atoms with Crippen molar-refractivity contribution in [2.24, 2.45) is 5.92 Å². The van der Waals surface area contributed by atoms with E-state index in [9.17, 15) is 22.8 Å². The summed E-state index contributed by atoms with van der Waals surface area (Å²) in [5.74, 6) is -3.60. The SMILES string of the molecule is COc1cc(NC(=O)C2=CC(Oc3ccccc3C(F)(F)F)C(F)(C3CC3)C=C2OCC(=O)O)ccn1. The molecule has 37 heavy (non-hydrogen) atoms. The molecule has 2 unspecified atom stereocenters. The molecular weight excluding hydrogens is 500 g/mol. The van der Waals surface area contributed by atoms with Gasteiger partial charge in [0.05, 0.1) is 18.2 Å². The van der Waals surface area contributed by atoms with E-state index in [4.69, 9.17) is 19.3 Å². The van der Waals surface area contributed by atoms with Gasteiger partial charge in [-0.3, -0.25) is 4.79 Å². The number of anilines is 1. The maximum atomic E-state index is 16.4. The van der Waals surface area contributed by atoms with Crippen molar-refractivity contribution in [2.45, 2.75) is 30.8 Å². The number of hydrogen-bond acceptors (Lipinski definition) is 6. The van der Waals surface area contributed by atoms with Crippen LogP contribution in [0.5, 0.6) is 11.6 Å². The van der Waals surface area contributed by atoms with Crippen molar-refractivity contribution in [1.29, 1.82) is 0 Å². The van der Waals surface area contributed by atoms with Crippen LogP contribution in [-0.2, 0) is 20.5 Å². The van der Waals surface area contributed by atoms with Crippen molar-refractivity contribution >= 4 is 17.6 Å². The number of halogens is 4. The van der Waals surface area contributed by atoms with Crippen LogP contribution in [0.25, 0.3) is 0 Å². The van der Waals surface area contributed by atoms with E-state index in [1.165, 1.54) is 37.6 Å². The Hall–Kier alpha value is -4.09. The predicted molar refractivity (Wildman–Crippen MR) is 122 cm³/mol. The summed E-state index contributed by atoms with van der Waals surface area (Å²) in [6.45, 7) is -0.872. The van der Waals surface area contributed by atoms with Crippen LogP contribution in [0.4, 0.5) is 23.2 Å². The van der Waals surface area contributed by atoms with Crippen LogP contribution >= 0.6 is 0 Å². The van der Waals surface area contributed by atoms with Gasteiger partial charge in [0, 0.05) is 23.9 Å². The first-order valence-electron chi connectivity index (χ1n) is 11.1. The van der Waals surface area contributed by atoms with Gasteiger partial charge in [0.25, 0.3) is 5.91 Å². The summed E-state index contributed by atoms with van der Waals surface area (Å²) >= 11 is 0. The quantitative estimate of drug-likeness (QED) is 0.466. The van der Waals surface area contributed by atoms with Crippen LogP contribution < -0.4 is 14.8 Å². The molecule has 2 aliphatic carbocycles. The van der Waals surface area contributed by atoms with Crippen LogP contribution in [0.15, 0.2) is 66.1 Å². The van der Waals surface area contributed by atoms with E-state index in [1.807, 2.05) is 0 Å². The fourth-order valence-electron chi connectivity index (χ4n) is 3.91. The number of carbonyl (C=O) groups is 2. The van der Waals surface area contributed by atoms with Gasteiger partial charge in [0.1, 0.15) is 11.5 Å². The third kappa shape index (κ3) is 5.84. The van der Waals surface area contributed by atoms with Crippen molar-refractivity contribution in [1.82, 2.24) is 4.98 Å². The number of pyridine rings is 1. The minimum atomic E-state index is -4.76. The lowest BCUT2D eigenvalue weighted by molar-refractivity contribution is -0.141. The number of methoxy groups -OCH3 is 1. The molecule has 0 aliphatic heterocycles. The van der Waals surface area contributed by atoms with Gasteiger partial charge in [-0.15, -0.1) is 0 Å². The highest BCUT2D eigenvalue weighted by atomic mass is 19.4. The van der Waals surface area contributed by atoms with Crippen molar-refractivity contribution in [2.75, 3.05) is 19.0 Å². The van der Waals surface area contributed by atoms with Gasteiger partial charge in [-0.2, -0.15) is 13.2 Å². The number of carboxylic acids is 1. The first-order chi connectivity index (χ1) is 17.5. The number of amides is 1. The number of alkyl halides is 4. The van der Waals surface area contributed by atoms with E-state index in [0.29, 0.717) is 12.8 Å². The van der Waals surface area contributed by atoms with Crippen molar-refractivity contribution in [3.05, 3.63) is 71.6 Å². The van der Waals surface area contributed by atoms with Gasteiger partial charge in [0.15, 0.2) is 18.4 Å². The smallest absolute Gasteiger partial charge is 0.419 e. The lowest BCUT2D eigenvalue weighted by atomic mass is 9.85.